The van der Waals surface area contributed by atoms with Crippen LogP contribution in [0.4, 0.5) is 0 Å². The Bertz CT molecular complexity index is 334. The number of hydrogen-bond donors (Lipinski definition) is 1. The number of hydrogen-bond acceptors (Lipinski definition) is 2. The Hall–Kier alpha value is -1.58. The fourth-order valence-electron chi connectivity index (χ4n) is 1.95. The summed E-state index contributed by atoms with van der Waals surface area (Å²) in [5.74, 6) is -0.408. The van der Waals surface area contributed by atoms with Crippen LogP contribution in [0.15, 0.2) is 24.3 Å². The summed E-state index contributed by atoms with van der Waals surface area (Å²) >= 11 is 0. The number of carboxylic acid groups (broad SMARTS) is 1. The Kier molecular flexibility index (Phi) is 5.46. The standard InChI is InChI=1S/C13H19NO3/c1-2-3-4-5-12(15)14-9-8-11(10-14)6-7-13(16)17/h2-5,11H,6-10H2,1H3,(H,16,17). The number of allylic oxidation sites excluding steroid dienone is 3. The lowest BCUT2D eigenvalue weighted by Crippen LogP contribution is -2.26. The summed E-state index contributed by atoms with van der Waals surface area (Å²) in [5, 5.41) is 8.59. The normalized spacial score (nSPS) is 20.5. The Morgan fingerprint density at radius 1 is 1.41 bits per heavy atom. The van der Waals surface area contributed by atoms with Crippen LogP contribution < -0.4 is 0 Å². The highest BCUT2D eigenvalue weighted by molar-refractivity contribution is 5.88. The molecular weight excluding hydrogens is 218 g/mol. The number of carbonyl (C=O) groups is 2. The molecule has 0 aromatic heterocycles. The van der Waals surface area contributed by atoms with Crippen molar-refractivity contribution in [2.75, 3.05) is 13.1 Å². The van der Waals surface area contributed by atoms with E-state index in [1.54, 1.807) is 17.1 Å². The molecule has 0 radical (unpaired) electrons. The lowest BCUT2D eigenvalue weighted by atomic mass is 10.0. The topological polar surface area (TPSA) is 57.6 Å². The summed E-state index contributed by atoms with van der Waals surface area (Å²) in [4.78, 5) is 23.9. The van der Waals surface area contributed by atoms with Gasteiger partial charge in [0.15, 0.2) is 0 Å². The molecule has 0 aromatic carbocycles. The molecule has 4 nitrogen and oxygen atoms in total. The third-order valence-corrected chi connectivity index (χ3v) is 2.91. The predicted octanol–water partition coefficient (Wildman–Crippen LogP) is 1.83. The van der Waals surface area contributed by atoms with Gasteiger partial charge < -0.3 is 10.0 Å². The molecule has 0 bridgehead atoms. The van der Waals surface area contributed by atoms with E-state index in [1.807, 2.05) is 19.1 Å². The SMILES string of the molecule is CC=CC=CC(=O)N1CCC(CCC(=O)O)C1. The number of nitrogens with zero attached hydrogens (tertiary/aromatic N) is 1. The molecule has 0 spiro atoms. The van der Waals surface area contributed by atoms with Gasteiger partial charge in [0.2, 0.25) is 5.91 Å². The molecule has 4 heteroatoms. The van der Waals surface area contributed by atoms with Gasteiger partial charge in [0.25, 0.3) is 0 Å². The van der Waals surface area contributed by atoms with Crippen molar-refractivity contribution < 1.29 is 14.7 Å². The molecule has 1 fully saturated rings. The summed E-state index contributed by atoms with van der Waals surface area (Å²) in [6, 6.07) is 0. The first kappa shape index (κ1) is 13.5. The molecule has 1 aliphatic heterocycles. The summed E-state index contributed by atoms with van der Waals surface area (Å²) in [7, 11) is 0. The van der Waals surface area contributed by atoms with Crippen molar-refractivity contribution in [1.82, 2.24) is 4.90 Å². The molecule has 1 N–H and O–H groups in total. The molecule has 1 atom stereocenters. The van der Waals surface area contributed by atoms with E-state index in [2.05, 4.69) is 0 Å². The molecule has 94 valence electrons. The molecule has 1 rings (SSSR count). The molecule has 0 saturated carbocycles. The van der Waals surface area contributed by atoms with E-state index in [1.165, 1.54) is 0 Å². The number of likely N-dealkylation sites (tertiary alicyclic amines) is 1. The van der Waals surface area contributed by atoms with Crippen LogP contribution in [0.25, 0.3) is 0 Å². The first-order chi connectivity index (χ1) is 8.13. The van der Waals surface area contributed by atoms with Gasteiger partial charge in [-0.1, -0.05) is 18.2 Å². The molecule has 1 unspecified atom stereocenters. The summed E-state index contributed by atoms with van der Waals surface area (Å²) in [5.41, 5.74) is 0. The van der Waals surface area contributed by atoms with Crippen LogP contribution in [0, 0.1) is 5.92 Å². The number of carbonyl (C=O) groups excluding carboxylic acids is 1. The van der Waals surface area contributed by atoms with E-state index < -0.39 is 5.97 Å². The molecule has 1 aliphatic rings. The number of rotatable bonds is 5. The van der Waals surface area contributed by atoms with Gasteiger partial charge in [0.05, 0.1) is 0 Å². The van der Waals surface area contributed by atoms with Gasteiger partial charge in [-0.15, -0.1) is 0 Å². The number of carboxylic acids is 1. The van der Waals surface area contributed by atoms with E-state index >= 15 is 0 Å². The first-order valence-electron chi connectivity index (χ1n) is 5.93. The van der Waals surface area contributed by atoms with Gasteiger partial charge in [-0.05, 0) is 25.7 Å². The third-order valence-electron chi connectivity index (χ3n) is 2.91. The molecule has 17 heavy (non-hydrogen) atoms. The smallest absolute Gasteiger partial charge is 0.303 e. The maximum atomic E-state index is 11.7. The zero-order valence-corrected chi connectivity index (χ0v) is 10.1. The Labute approximate surface area is 102 Å². The average Bonchev–Trinajstić information content (AvgIpc) is 2.75. The maximum absolute atomic E-state index is 11.7. The fourth-order valence-corrected chi connectivity index (χ4v) is 1.95. The van der Waals surface area contributed by atoms with Crippen LogP contribution in [-0.4, -0.2) is 35.0 Å². The first-order valence-corrected chi connectivity index (χ1v) is 5.93. The van der Waals surface area contributed by atoms with Gasteiger partial charge in [-0.2, -0.15) is 0 Å². The van der Waals surface area contributed by atoms with Gasteiger partial charge in [0, 0.05) is 25.6 Å². The second kappa shape index (κ2) is 6.89. The lowest BCUT2D eigenvalue weighted by Gasteiger charge is -2.13. The van der Waals surface area contributed by atoms with Gasteiger partial charge in [-0.25, -0.2) is 0 Å². The monoisotopic (exact) mass is 237 g/mol. The summed E-state index contributed by atoms with van der Waals surface area (Å²) in [6.07, 6.45) is 8.74. The quantitative estimate of drug-likeness (QED) is 0.586. The van der Waals surface area contributed by atoms with Gasteiger partial charge >= 0.3 is 5.97 Å². The fraction of sp³-hybridized carbons (Fsp3) is 0.538. The highest BCUT2D eigenvalue weighted by atomic mass is 16.4. The Morgan fingerprint density at radius 2 is 2.18 bits per heavy atom. The van der Waals surface area contributed by atoms with E-state index in [9.17, 15) is 9.59 Å². The van der Waals surface area contributed by atoms with Gasteiger partial charge in [0.1, 0.15) is 0 Å². The van der Waals surface area contributed by atoms with Crippen molar-refractivity contribution in [3.05, 3.63) is 24.3 Å². The summed E-state index contributed by atoms with van der Waals surface area (Å²) in [6.45, 7) is 3.32. The van der Waals surface area contributed by atoms with Crippen molar-refractivity contribution in [1.29, 1.82) is 0 Å². The van der Waals surface area contributed by atoms with Crippen LogP contribution in [0.1, 0.15) is 26.2 Å². The minimum absolute atomic E-state index is 0.0147. The third kappa shape index (κ3) is 4.85. The van der Waals surface area contributed by atoms with Crippen LogP contribution in [0.2, 0.25) is 0 Å². The van der Waals surface area contributed by atoms with Crippen molar-refractivity contribution in [3.63, 3.8) is 0 Å². The van der Waals surface area contributed by atoms with Crippen LogP contribution in [-0.2, 0) is 9.59 Å². The highest BCUT2D eigenvalue weighted by Crippen LogP contribution is 2.21. The van der Waals surface area contributed by atoms with Gasteiger partial charge in [-0.3, -0.25) is 9.59 Å². The van der Waals surface area contributed by atoms with Crippen LogP contribution >= 0.6 is 0 Å². The molecule has 1 amide bonds. The van der Waals surface area contributed by atoms with Crippen molar-refractivity contribution in [3.8, 4) is 0 Å². The zero-order valence-electron chi connectivity index (χ0n) is 10.1. The average molecular weight is 237 g/mol. The van der Waals surface area contributed by atoms with E-state index in [0.29, 0.717) is 18.9 Å². The molecule has 1 saturated heterocycles. The highest BCUT2D eigenvalue weighted by Gasteiger charge is 2.24. The number of amides is 1. The van der Waals surface area contributed by atoms with Crippen molar-refractivity contribution in [2.24, 2.45) is 5.92 Å². The molecule has 0 aliphatic carbocycles. The predicted molar refractivity (Wildman–Crippen MR) is 65.5 cm³/mol. The molecule has 1 heterocycles. The summed E-state index contributed by atoms with van der Waals surface area (Å²) < 4.78 is 0. The van der Waals surface area contributed by atoms with E-state index in [4.69, 9.17) is 5.11 Å². The van der Waals surface area contributed by atoms with E-state index in [0.717, 1.165) is 13.0 Å². The second-order valence-corrected chi connectivity index (χ2v) is 4.26. The minimum atomic E-state index is -0.761. The Morgan fingerprint density at radius 3 is 2.82 bits per heavy atom. The van der Waals surface area contributed by atoms with Crippen molar-refractivity contribution >= 4 is 11.9 Å². The van der Waals surface area contributed by atoms with Crippen LogP contribution in [0.3, 0.4) is 0 Å². The van der Waals surface area contributed by atoms with E-state index in [-0.39, 0.29) is 12.3 Å². The number of aliphatic carboxylic acids is 1. The Balaban J connectivity index is 2.34. The van der Waals surface area contributed by atoms with Crippen LogP contribution in [0.5, 0.6) is 0 Å². The minimum Gasteiger partial charge on any atom is -0.481 e. The largest absolute Gasteiger partial charge is 0.481 e. The molecule has 0 aromatic rings. The second-order valence-electron chi connectivity index (χ2n) is 4.26. The lowest BCUT2D eigenvalue weighted by molar-refractivity contribution is -0.137. The van der Waals surface area contributed by atoms with Crippen molar-refractivity contribution in [2.45, 2.75) is 26.2 Å². The maximum Gasteiger partial charge on any atom is 0.303 e. The zero-order chi connectivity index (χ0) is 12.7. The molecular formula is C13H19NO3.